The topological polar surface area (TPSA) is 63.4 Å². The van der Waals surface area contributed by atoms with Crippen LogP contribution in [0.2, 0.25) is 0 Å². The summed E-state index contributed by atoms with van der Waals surface area (Å²) in [5.41, 5.74) is 0.567. The number of nitro benzene ring substituents is 1. The maximum atomic E-state index is 10.9. The fourth-order valence-corrected chi connectivity index (χ4v) is 3.77. The molecule has 1 heterocycles. The Morgan fingerprint density at radius 2 is 2.05 bits per heavy atom. The minimum absolute atomic E-state index is 0.0382. The molecule has 0 saturated heterocycles. The number of hydrogen-bond donors (Lipinski definition) is 1. The fourth-order valence-electron chi connectivity index (χ4n) is 1.70. The van der Waals surface area contributed by atoms with Gasteiger partial charge < -0.3 is 5.11 Å². The van der Waals surface area contributed by atoms with Crippen molar-refractivity contribution in [2.45, 2.75) is 12.5 Å². The van der Waals surface area contributed by atoms with Gasteiger partial charge >= 0.3 is 0 Å². The fraction of sp³-hybridized carbons (Fsp3) is 0.167. The van der Waals surface area contributed by atoms with Crippen molar-refractivity contribution >= 4 is 48.9 Å². The summed E-state index contributed by atoms with van der Waals surface area (Å²) in [5.74, 6) is 0. The van der Waals surface area contributed by atoms with E-state index in [0.717, 1.165) is 13.1 Å². The van der Waals surface area contributed by atoms with Crippen LogP contribution in [0.15, 0.2) is 38.6 Å². The zero-order chi connectivity index (χ0) is 14.0. The third-order valence-electron chi connectivity index (χ3n) is 2.59. The van der Waals surface area contributed by atoms with Crippen molar-refractivity contribution in [1.29, 1.82) is 0 Å². The molecule has 1 aromatic heterocycles. The highest BCUT2D eigenvalue weighted by Gasteiger charge is 2.19. The Kier molecular flexibility index (Phi) is 4.72. The second-order valence-electron chi connectivity index (χ2n) is 3.88. The first-order valence-electron chi connectivity index (χ1n) is 5.34. The van der Waals surface area contributed by atoms with Gasteiger partial charge in [0.05, 0.1) is 14.8 Å². The van der Waals surface area contributed by atoms with Gasteiger partial charge in [-0.15, -0.1) is 11.3 Å². The van der Waals surface area contributed by atoms with Gasteiger partial charge in [0.1, 0.15) is 0 Å². The lowest BCUT2D eigenvalue weighted by atomic mass is 10.1. The standard InChI is InChI=1S/C12H9Br2NO3S/c13-8-6-11(19-12(8)14)10(16)5-7-3-1-2-4-9(7)15(17)18/h1-4,6,10,16H,5H2. The third kappa shape index (κ3) is 3.42. The minimum Gasteiger partial charge on any atom is -0.387 e. The number of aliphatic hydroxyl groups excluding tert-OH is 1. The molecule has 19 heavy (non-hydrogen) atoms. The molecule has 1 unspecified atom stereocenters. The van der Waals surface area contributed by atoms with Crippen LogP contribution in [0.1, 0.15) is 16.5 Å². The number of rotatable bonds is 4. The van der Waals surface area contributed by atoms with Gasteiger partial charge in [-0.05, 0) is 37.9 Å². The maximum absolute atomic E-state index is 10.9. The van der Waals surface area contributed by atoms with Crippen LogP contribution in [-0.4, -0.2) is 10.0 Å². The SMILES string of the molecule is O=[N+]([O-])c1ccccc1CC(O)c1cc(Br)c(Br)s1. The second-order valence-corrected chi connectivity index (χ2v) is 7.13. The van der Waals surface area contributed by atoms with Crippen molar-refractivity contribution in [2.75, 3.05) is 0 Å². The summed E-state index contributed by atoms with van der Waals surface area (Å²) >= 11 is 8.12. The lowest BCUT2D eigenvalue weighted by Crippen LogP contribution is -2.02. The van der Waals surface area contributed by atoms with E-state index in [2.05, 4.69) is 31.9 Å². The first-order valence-corrected chi connectivity index (χ1v) is 7.74. The van der Waals surface area contributed by atoms with E-state index < -0.39 is 11.0 Å². The van der Waals surface area contributed by atoms with Gasteiger partial charge in [0, 0.05) is 27.4 Å². The summed E-state index contributed by atoms with van der Waals surface area (Å²) in [4.78, 5) is 11.2. The van der Waals surface area contributed by atoms with E-state index in [9.17, 15) is 15.2 Å². The number of benzene rings is 1. The average molecular weight is 407 g/mol. The van der Waals surface area contributed by atoms with E-state index in [1.807, 2.05) is 6.07 Å². The van der Waals surface area contributed by atoms with Crippen molar-refractivity contribution in [3.63, 3.8) is 0 Å². The molecule has 1 atom stereocenters. The first-order chi connectivity index (χ1) is 8.99. The average Bonchev–Trinajstić information content (AvgIpc) is 2.70. The molecule has 1 aromatic carbocycles. The molecule has 0 spiro atoms. The minimum atomic E-state index is -0.756. The Morgan fingerprint density at radius 3 is 2.63 bits per heavy atom. The van der Waals surface area contributed by atoms with Gasteiger partial charge in [-0.2, -0.15) is 0 Å². The quantitative estimate of drug-likeness (QED) is 0.602. The Hall–Kier alpha value is -0.760. The largest absolute Gasteiger partial charge is 0.387 e. The van der Waals surface area contributed by atoms with Gasteiger partial charge in [0.25, 0.3) is 5.69 Å². The number of nitrogens with zero attached hydrogens (tertiary/aromatic N) is 1. The molecule has 100 valence electrons. The monoisotopic (exact) mass is 405 g/mol. The second kappa shape index (κ2) is 6.13. The van der Waals surface area contributed by atoms with Gasteiger partial charge in [-0.1, -0.05) is 18.2 Å². The molecular weight excluding hydrogens is 398 g/mol. The molecule has 4 nitrogen and oxygen atoms in total. The Balaban J connectivity index is 2.24. The Labute approximate surface area is 130 Å². The maximum Gasteiger partial charge on any atom is 0.272 e. The smallest absolute Gasteiger partial charge is 0.272 e. The summed E-state index contributed by atoms with van der Waals surface area (Å²) < 4.78 is 1.76. The highest BCUT2D eigenvalue weighted by atomic mass is 79.9. The third-order valence-corrected chi connectivity index (χ3v) is 5.95. The van der Waals surface area contributed by atoms with Crippen LogP contribution >= 0.6 is 43.2 Å². The van der Waals surface area contributed by atoms with Crippen LogP contribution in [0.25, 0.3) is 0 Å². The lowest BCUT2D eigenvalue weighted by Gasteiger charge is -2.08. The number of hydrogen-bond acceptors (Lipinski definition) is 4. The summed E-state index contributed by atoms with van der Waals surface area (Å²) in [6.45, 7) is 0. The summed E-state index contributed by atoms with van der Waals surface area (Å²) in [5, 5.41) is 21.1. The molecule has 1 N–H and O–H groups in total. The number of aliphatic hydroxyl groups is 1. The Bertz CT molecular complexity index is 595. The van der Waals surface area contributed by atoms with Crippen LogP contribution < -0.4 is 0 Å². The van der Waals surface area contributed by atoms with Gasteiger partial charge in [-0.3, -0.25) is 10.1 Å². The van der Waals surface area contributed by atoms with E-state index in [1.54, 1.807) is 18.2 Å². The van der Waals surface area contributed by atoms with Gasteiger partial charge in [-0.25, -0.2) is 0 Å². The predicted octanol–water partition coefficient (Wildman–Crippen LogP) is 4.46. The molecule has 0 bridgehead atoms. The van der Waals surface area contributed by atoms with Crippen LogP contribution in [0, 0.1) is 10.1 Å². The molecular formula is C12H9Br2NO3S. The zero-order valence-corrected chi connectivity index (χ0v) is 13.5. The summed E-state index contributed by atoms with van der Waals surface area (Å²) in [7, 11) is 0. The van der Waals surface area contributed by atoms with E-state index in [1.165, 1.54) is 17.4 Å². The van der Waals surface area contributed by atoms with Crippen LogP contribution in [-0.2, 0) is 6.42 Å². The van der Waals surface area contributed by atoms with Crippen molar-refractivity contribution in [2.24, 2.45) is 0 Å². The molecule has 2 aromatic rings. The molecule has 0 aliphatic rings. The van der Waals surface area contributed by atoms with Crippen molar-refractivity contribution in [1.82, 2.24) is 0 Å². The molecule has 2 rings (SSSR count). The highest BCUT2D eigenvalue weighted by Crippen LogP contribution is 2.37. The number of halogens is 2. The Morgan fingerprint density at radius 1 is 1.37 bits per heavy atom. The molecule has 7 heteroatoms. The van der Waals surface area contributed by atoms with E-state index >= 15 is 0 Å². The molecule has 0 amide bonds. The predicted molar refractivity (Wildman–Crippen MR) is 81.5 cm³/mol. The number of thiophene rings is 1. The summed E-state index contributed by atoms with van der Waals surface area (Å²) in [6, 6.07) is 8.27. The van der Waals surface area contributed by atoms with E-state index in [0.29, 0.717) is 5.56 Å². The molecule has 0 aliphatic heterocycles. The van der Waals surface area contributed by atoms with Crippen molar-refractivity contribution in [3.8, 4) is 0 Å². The van der Waals surface area contributed by atoms with Gasteiger partial charge in [0.15, 0.2) is 0 Å². The van der Waals surface area contributed by atoms with Crippen LogP contribution in [0.5, 0.6) is 0 Å². The zero-order valence-electron chi connectivity index (χ0n) is 9.55. The normalized spacial score (nSPS) is 12.4. The van der Waals surface area contributed by atoms with E-state index in [-0.39, 0.29) is 12.1 Å². The number of para-hydroxylation sites is 1. The first kappa shape index (κ1) is 14.6. The van der Waals surface area contributed by atoms with E-state index in [4.69, 9.17) is 0 Å². The molecule has 0 fully saturated rings. The number of nitro groups is 1. The van der Waals surface area contributed by atoms with Crippen LogP contribution in [0.4, 0.5) is 5.69 Å². The van der Waals surface area contributed by atoms with Gasteiger partial charge in [0.2, 0.25) is 0 Å². The molecule has 0 saturated carbocycles. The van der Waals surface area contributed by atoms with Crippen molar-refractivity contribution in [3.05, 3.63) is 59.1 Å². The lowest BCUT2D eigenvalue weighted by molar-refractivity contribution is -0.385. The molecule has 0 radical (unpaired) electrons. The highest BCUT2D eigenvalue weighted by molar-refractivity contribution is 9.13. The van der Waals surface area contributed by atoms with Crippen molar-refractivity contribution < 1.29 is 10.0 Å². The summed E-state index contributed by atoms with van der Waals surface area (Å²) in [6.07, 6.45) is -0.537. The molecule has 0 aliphatic carbocycles. The van der Waals surface area contributed by atoms with Crippen LogP contribution in [0.3, 0.4) is 0 Å².